The third-order valence-corrected chi connectivity index (χ3v) is 9.14. The zero-order valence-corrected chi connectivity index (χ0v) is 26.7. The summed E-state index contributed by atoms with van der Waals surface area (Å²) in [5.74, 6) is 1.23. The zero-order chi connectivity index (χ0) is 31.3. The monoisotopic (exact) mass is 648 g/mol. The van der Waals surface area contributed by atoms with Gasteiger partial charge in [0.05, 0.1) is 12.7 Å². The van der Waals surface area contributed by atoms with E-state index in [-0.39, 0.29) is 17.9 Å². The van der Waals surface area contributed by atoms with Crippen molar-refractivity contribution in [3.63, 3.8) is 0 Å². The number of thioether (sulfide) groups is 1. The normalized spacial score (nSPS) is 16.6. The minimum atomic E-state index is -0.646. The van der Waals surface area contributed by atoms with Gasteiger partial charge in [0.25, 0.3) is 0 Å². The van der Waals surface area contributed by atoms with Crippen LogP contribution in [0.25, 0.3) is 0 Å². The van der Waals surface area contributed by atoms with Gasteiger partial charge < -0.3 is 19.5 Å². The van der Waals surface area contributed by atoms with Crippen molar-refractivity contribution in [3.8, 4) is 11.5 Å². The number of nitrogens with one attached hydrogen (secondary N) is 1. The van der Waals surface area contributed by atoms with Gasteiger partial charge in [0.15, 0.2) is 11.5 Å². The number of methoxy groups -OCH3 is 1. The Bertz CT molecular complexity index is 1700. The molecule has 3 aromatic carbocycles. The van der Waals surface area contributed by atoms with Crippen molar-refractivity contribution < 1.29 is 23.4 Å². The quantitative estimate of drug-likeness (QED) is 0.136. The fraction of sp³-hybridized carbons (Fsp3) is 0.324. The van der Waals surface area contributed by atoms with Crippen molar-refractivity contribution in [2.45, 2.75) is 68.7 Å². The Morgan fingerprint density at radius 1 is 1.07 bits per heavy atom. The first-order valence-corrected chi connectivity index (χ1v) is 16.3. The molecule has 11 heteroatoms. The molecule has 4 aromatic rings. The molecular formula is C34H34ClFN4O4S. The lowest BCUT2D eigenvalue weighted by atomic mass is 9.94. The highest BCUT2D eigenvalue weighted by molar-refractivity contribution is 7.98. The summed E-state index contributed by atoms with van der Waals surface area (Å²) in [4.78, 5) is 18.5. The molecule has 1 saturated carbocycles. The summed E-state index contributed by atoms with van der Waals surface area (Å²) in [5, 5.41) is 9.15. The molecule has 1 fully saturated rings. The van der Waals surface area contributed by atoms with Crippen LogP contribution in [0.2, 0.25) is 5.02 Å². The molecular weight excluding hydrogens is 615 g/mol. The van der Waals surface area contributed by atoms with E-state index in [1.165, 1.54) is 17.8 Å². The number of allylic oxidation sites excluding steroid dienone is 1. The number of anilines is 1. The van der Waals surface area contributed by atoms with E-state index in [1.807, 2.05) is 49.4 Å². The standard InChI is InChI=1S/C34H34ClFN4O4S/c1-21-30(32(41)44-26-9-4-3-5-10-26)31(40-33(37-21)38-34(39-40)45-20-24-8-6-7-11-27(24)36)23-14-17-28(29(18-23)42-2)43-19-22-12-15-25(35)16-13-22/h6-8,11-18,26,31H,3-5,9-10,19-20H2,1-2H3,(H,37,38,39). The number of benzene rings is 3. The van der Waals surface area contributed by atoms with Crippen molar-refractivity contribution in [3.05, 3.63) is 106 Å². The second kappa shape index (κ2) is 14.0. The second-order valence-electron chi connectivity index (χ2n) is 11.1. The largest absolute Gasteiger partial charge is 0.493 e. The van der Waals surface area contributed by atoms with Gasteiger partial charge in [-0.3, -0.25) is 0 Å². The van der Waals surface area contributed by atoms with E-state index in [0.29, 0.717) is 56.8 Å². The van der Waals surface area contributed by atoms with Crippen LogP contribution in [0.4, 0.5) is 10.3 Å². The van der Waals surface area contributed by atoms with Crippen molar-refractivity contribution in [1.29, 1.82) is 0 Å². The molecule has 45 heavy (non-hydrogen) atoms. The Kier molecular flexibility index (Phi) is 9.61. The molecule has 0 spiro atoms. The molecule has 2 heterocycles. The third kappa shape index (κ3) is 7.12. The average Bonchev–Trinajstić information content (AvgIpc) is 3.46. The van der Waals surface area contributed by atoms with E-state index >= 15 is 0 Å². The van der Waals surface area contributed by atoms with Crippen molar-refractivity contribution >= 4 is 35.3 Å². The van der Waals surface area contributed by atoms with Gasteiger partial charge in [-0.15, -0.1) is 5.10 Å². The Hall–Kier alpha value is -4.02. The summed E-state index contributed by atoms with van der Waals surface area (Å²) in [7, 11) is 1.58. The van der Waals surface area contributed by atoms with Crippen molar-refractivity contribution in [2.24, 2.45) is 0 Å². The summed E-state index contributed by atoms with van der Waals surface area (Å²) >= 11 is 7.35. The average molecular weight is 649 g/mol. The van der Waals surface area contributed by atoms with Crippen LogP contribution < -0.4 is 14.8 Å². The molecule has 0 amide bonds. The Labute approximate surface area is 270 Å². The highest BCUT2D eigenvalue weighted by Crippen LogP contribution is 2.41. The maximum Gasteiger partial charge on any atom is 0.338 e. The Balaban J connectivity index is 1.32. The first kappa shape index (κ1) is 31.0. The molecule has 1 N–H and O–H groups in total. The molecule has 1 unspecified atom stereocenters. The van der Waals surface area contributed by atoms with Crippen LogP contribution in [-0.4, -0.2) is 33.9 Å². The number of hydrogen-bond acceptors (Lipinski definition) is 8. The molecule has 0 saturated heterocycles. The molecule has 1 aliphatic carbocycles. The molecule has 8 nitrogen and oxygen atoms in total. The maximum absolute atomic E-state index is 14.3. The van der Waals surface area contributed by atoms with Crippen LogP contribution in [0.15, 0.2) is 83.2 Å². The fourth-order valence-corrected chi connectivity index (χ4v) is 6.58. The number of carbonyl (C=O) groups is 1. The van der Waals surface area contributed by atoms with Crippen molar-refractivity contribution in [2.75, 3.05) is 12.4 Å². The summed E-state index contributed by atoms with van der Waals surface area (Å²) in [6.07, 6.45) is 4.84. The summed E-state index contributed by atoms with van der Waals surface area (Å²) < 4.78 is 33.9. The first-order valence-electron chi connectivity index (χ1n) is 15.0. The molecule has 234 valence electrons. The molecule has 2 aliphatic rings. The first-order chi connectivity index (χ1) is 21.9. The zero-order valence-electron chi connectivity index (χ0n) is 25.1. The van der Waals surface area contributed by atoms with E-state index in [1.54, 1.807) is 30.0 Å². The minimum absolute atomic E-state index is 0.116. The topological polar surface area (TPSA) is 87.5 Å². The van der Waals surface area contributed by atoms with Crippen LogP contribution >= 0.6 is 23.4 Å². The van der Waals surface area contributed by atoms with E-state index in [4.69, 9.17) is 35.9 Å². The third-order valence-electron chi connectivity index (χ3n) is 8.00. The summed E-state index contributed by atoms with van der Waals surface area (Å²) in [5.41, 5.74) is 3.35. The molecule has 1 aromatic heterocycles. The van der Waals surface area contributed by atoms with Gasteiger partial charge in [0.1, 0.15) is 24.6 Å². The van der Waals surface area contributed by atoms with Crippen LogP contribution in [0.5, 0.6) is 11.5 Å². The number of aromatic nitrogens is 3. The number of rotatable bonds is 10. The van der Waals surface area contributed by atoms with E-state index < -0.39 is 6.04 Å². The van der Waals surface area contributed by atoms with Crippen LogP contribution in [0.3, 0.4) is 0 Å². The summed E-state index contributed by atoms with van der Waals surface area (Å²) in [6, 6.07) is 19.0. The lowest BCUT2D eigenvalue weighted by Crippen LogP contribution is -2.32. The highest BCUT2D eigenvalue weighted by Gasteiger charge is 2.37. The number of nitrogens with zero attached hydrogens (tertiary/aromatic N) is 3. The van der Waals surface area contributed by atoms with Crippen molar-refractivity contribution in [1.82, 2.24) is 14.8 Å². The molecule has 6 rings (SSSR count). The van der Waals surface area contributed by atoms with Crippen LogP contribution in [0.1, 0.15) is 61.8 Å². The Morgan fingerprint density at radius 3 is 2.60 bits per heavy atom. The molecule has 1 atom stereocenters. The van der Waals surface area contributed by atoms with E-state index in [2.05, 4.69) is 5.32 Å². The van der Waals surface area contributed by atoms with Gasteiger partial charge in [-0.1, -0.05) is 66.2 Å². The number of halogens is 2. The highest BCUT2D eigenvalue weighted by atomic mass is 35.5. The maximum atomic E-state index is 14.3. The van der Waals surface area contributed by atoms with Crippen LogP contribution in [-0.2, 0) is 21.9 Å². The van der Waals surface area contributed by atoms with E-state index in [0.717, 1.165) is 43.2 Å². The second-order valence-corrected chi connectivity index (χ2v) is 12.5. The smallest absolute Gasteiger partial charge is 0.338 e. The number of fused-ring (bicyclic) bond motifs is 1. The molecule has 0 bridgehead atoms. The van der Waals surface area contributed by atoms with Gasteiger partial charge in [0.2, 0.25) is 11.1 Å². The van der Waals surface area contributed by atoms with Gasteiger partial charge in [-0.05, 0) is 79.6 Å². The van der Waals surface area contributed by atoms with Gasteiger partial charge in [-0.25, -0.2) is 13.9 Å². The van der Waals surface area contributed by atoms with Gasteiger partial charge in [-0.2, -0.15) is 4.98 Å². The number of esters is 1. The number of carbonyl (C=O) groups excluding carboxylic acids is 1. The lowest BCUT2D eigenvalue weighted by molar-refractivity contribution is -0.146. The van der Waals surface area contributed by atoms with Gasteiger partial charge in [0, 0.05) is 16.5 Å². The number of hydrogen-bond donors (Lipinski definition) is 1. The molecule has 0 radical (unpaired) electrons. The predicted molar refractivity (Wildman–Crippen MR) is 172 cm³/mol. The lowest BCUT2D eigenvalue weighted by Gasteiger charge is -2.30. The van der Waals surface area contributed by atoms with Crippen LogP contribution in [0, 0.1) is 5.82 Å². The fourth-order valence-electron chi connectivity index (χ4n) is 5.64. The van der Waals surface area contributed by atoms with Gasteiger partial charge >= 0.3 is 5.97 Å². The SMILES string of the molecule is COc1cc(C2C(C(=O)OC3CCCCC3)=C(C)Nc3nc(SCc4ccccc4F)nn32)ccc1OCc1ccc(Cl)cc1. The number of ether oxygens (including phenoxy) is 3. The predicted octanol–water partition coefficient (Wildman–Crippen LogP) is 8.12. The van der Waals surface area contributed by atoms with E-state index in [9.17, 15) is 9.18 Å². The minimum Gasteiger partial charge on any atom is -0.493 e. The summed E-state index contributed by atoms with van der Waals surface area (Å²) in [6.45, 7) is 2.17. The Morgan fingerprint density at radius 2 is 1.84 bits per heavy atom. The molecule has 1 aliphatic heterocycles.